The minimum atomic E-state index is -0.122. The van der Waals surface area contributed by atoms with Crippen molar-refractivity contribution in [3.63, 3.8) is 0 Å². The third-order valence-electron chi connectivity index (χ3n) is 3.92. The van der Waals surface area contributed by atoms with E-state index in [1.54, 1.807) is 4.90 Å². The van der Waals surface area contributed by atoms with E-state index in [-0.39, 0.29) is 12.1 Å². The molecule has 0 fully saturated rings. The molecule has 0 saturated carbocycles. The first kappa shape index (κ1) is 14.4. The Morgan fingerprint density at radius 2 is 1.95 bits per heavy atom. The predicted molar refractivity (Wildman–Crippen MR) is 88.7 cm³/mol. The number of carbonyl (C=O) groups excluding carboxylic acids is 1. The molecule has 2 amide bonds. The molecule has 0 aromatic heterocycles. The number of amides is 2. The lowest BCUT2D eigenvalue weighted by Crippen LogP contribution is -2.45. The Morgan fingerprint density at radius 1 is 1.23 bits per heavy atom. The number of para-hydroxylation sites is 3. The Morgan fingerprint density at radius 3 is 2.73 bits per heavy atom. The number of fused-ring (bicyclic) bond motifs is 1. The van der Waals surface area contributed by atoms with Crippen LogP contribution in [0.2, 0.25) is 0 Å². The van der Waals surface area contributed by atoms with E-state index < -0.39 is 0 Å². The van der Waals surface area contributed by atoms with Crippen LogP contribution in [0, 0.1) is 6.92 Å². The van der Waals surface area contributed by atoms with Crippen LogP contribution >= 0.6 is 0 Å². The minimum Gasteiger partial charge on any atom is -0.486 e. The first-order valence-corrected chi connectivity index (χ1v) is 7.59. The van der Waals surface area contributed by atoms with Crippen molar-refractivity contribution >= 4 is 17.4 Å². The maximum atomic E-state index is 12.7. The lowest BCUT2D eigenvalue weighted by molar-refractivity contribution is 0.188. The van der Waals surface area contributed by atoms with E-state index >= 15 is 0 Å². The summed E-state index contributed by atoms with van der Waals surface area (Å²) >= 11 is 0. The SMILES string of the molecule is CCC1CN(C(=O)Nc2ccccc2C)c2ccccc2O1. The molecule has 1 N–H and O–H groups in total. The van der Waals surface area contributed by atoms with Crippen LogP contribution < -0.4 is 15.0 Å². The third-order valence-corrected chi connectivity index (χ3v) is 3.92. The van der Waals surface area contributed by atoms with Crippen molar-refractivity contribution < 1.29 is 9.53 Å². The smallest absolute Gasteiger partial charge is 0.326 e. The van der Waals surface area contributed by atoms with Gasteiger partial charge in [0.1, 0.15) is 11.9 Å². The summed E-state index contributed by atoms with van der Waals surface area (Å²) in [6.45, 7) is 4.61. The lowest BCUT2D eigenvalue weighted by Gasteiger charge is -2.34. The van der Waals surface area contributed by atoms with E-state index in [0.717, 1.165) is 29.1 Å². The van der Waals surface area contributed by atoms with E-state index in [4.69, 9.17) is 4.74 Å². The molecule has 1 unspecified atom stereocenters. The highest BCUT2D eigenvalue weighted by Crippen LogP contribution is 2.34. The fourth-order valence-corrected chi connectivity index (χ4v) is 2.60. The highest BCUT2D eigenvalue weighted by atomic mass is 16.5. The summed E-state index contributed by atoms with van der Waals surface area (Å²) in [4.78, 5) is 14.5. The van der Waals surface area contributed by atoms with E-state index in [0.29, 0.717) is 6.54 Å². The van der Waals surface area contributed by atoms with E-state index in [1.807, 2.05) is 55.5 Å². The zero-order valence-electron chi connectivity index (χ0n) is 12.9. The van der Waals surface area contributed by atoms with Crippen LogP contribution in [0.25, 0.3) is 0 Å². The van der Waals surface area contributed by atoms with Crippen LogP contribution in [0.1, 0.15) is 18.9 Å². The summed E-state index contributed by atoms with van der Waals surface area (Å²) in [5.74, 6) is 0.764. The van der Waals surface area contributed by atoms with Crippen LogP contribution in [-0.2, 0) is 0 Å². The summed E-state index contributed by atoms with van der Waals surface area (Å²) in [6, 6.07) is 15.3. The maximum Gasteiger partial charge on any atom is 0.326 e. The predicted octanol–water partition coefficient (Wildman–Crippen LogP) is 4.20. The van der Waals surface area contributed by atoms with Gasteiger partial charge in [-0.3, -0.25) is 4.90 Å². The van der Waals surface area contributed by atoms with Gasteiger partial charge in [-0.25, -0.2) is 4.79 Å². The Balaban J connectivity index is 1.87. The molecule has 1 atom stereocenters. The summed E-state index contributed by atoms with van der Waals surface area (Å²) in [7, 11) is 0. The molecule has 22 heavy (non-hydrogen) atoms. The average molecular weight is 296 g/mol. The van der Waals surface area contributed by atoms with Crippen LogP contribution in [0.4, 0.5) is 16.2 Å². The second-order valence-electron chi connectivity index (χ2n) is 5.47. The fourth-order valence-electron chi connectivity index (χ4n) is 2.60. The first-order chi connectivity index (χ1) is 10.7. The van der Waals surface area contributed by atoms with Crippen molar-refractivity contribution in [2.24, 2.45) is 0 Å². The van der Waals surface area contributed by atoms with Crippen LogP contribution in [0.5, 0.6) is 5.75 Å². The van der Waals surface area contributed by atoms with Gasteiger partial charge in [0.25, 0.3) is 0 Å². The molecule has 0 saturated heterocycles. The van der Waals surface area contributed by atoms with Gasteiger partial charge in [0.2, 0.25) is 0 Å². The van der Waals surface area contributed by atoms with Gasteiger partial charge in [0, 0.05) is 5.69 Å². The number of hydrogen-bond donors (Lipinski definition) is 1. The first-order valence-electron chi connectivity index (χ1n) is 7.59. The molecule has 0 bridgehead atoms. The van der Waals surface area contributed by atoms with Gasteiger partial charge in [-0.2, -0.15) is 0 Å². The Labute approximate surface area is 130 Å². The standard InChI is InChI=1S/C18H20N2O2/c1-3-14-12-20(16-10-6-7-11-17(16)22-14)18(21)19-15-9-5-4-8-13(15)2/h4-11,14H,3,12H2,1-2H3,(H,19,21). The quantitative estimate of drug-likeness (QED) is 0.902. The number of rotatable bonds is 2. The number of carbonyl (C=O) groups is 1. The molecule has 0 spiro atoms. The highest BCUT2D eigenvalue weighted by molar-refractivity contribution is 6.03. The van der Waals surface area contributed by atoms with Crippen molar-refractivity contribution in [2.45, 2.75) is 26.4 Å². The third kappa shape index (κ3) is 2.77. The van der Waals surface area contributed by atoms with Gasteiger partial charge in [-0.15, -0.1) is 0 Å². The molecule has 0 aliphatic carbocycles. The summed E-state index contributed by atoms with van der Waals surface area (Å²) in [6.07, 6.45) is 0.889. The normalized spacial score (nSPS) is 16.6. The largest absolute Gasteiger partial charge is 0.486 e. The molecule has 1 aliphatic heterocycles. The Kier molecular flexibility index (Phi) is 4.00. The number of anilines is 2. The molecule has 1 heterocycles. The van der Waals surface area contributed by atoms with Gasteiger partial charge in [-0.1, -0.05) is 37.3 Å². The zero-order chi connectivity index (χ0) is 15.5. The molecular formula is C18H20N2O2. The number of ether oxygens (including phenoxy) is 1. The highest BCUT2D eigenvalue weighted by Gasteiger charge is 2.28. The monoisotopic (exact) mass is 296 g/mol. The number of urea groups is 1. The van der Waals surface area contributed by atoms with Gasteiger partial charge in [-0.05, 0) is 37.1 Å². The molecule has 2 aromatic carbocycles. The Bertz CT molecular complexity index is 684. The number of aryl methyl sites for hydroxylation is 1. The second kappa shape index (κ2) is 6.10. The van der Waals surface area contributed by atoms with Gasteiger partial charge >= 0.3 is 6.03 Å². The molecule has 3 rings (SSSR count). The van der Waals surface area contributed by atoms with Gasteiger partial charge in [0.15, 0.2) is 0 Å². The molecule has 2 aromatic rings. The van der Waals surface area contributed by atoms with Crippen LogP contribution in [0.3, 0.4) is 0 Å². The zero-order valence-corrected chi connectivity index (χ0v) is 12.9. The number of nitrogens with zero attached hydrogens (tertiary/aromatic N) is 1. The maximum absolute atomic E-state index is 12.7. The summed E-state index contributed by atoms with van der Waals surface area (Å²) in [5, 5.41) is 3.00. The Hall–Kier alpha value is -2.49. The van der Waals surface area contributed by atoms with Crippen molar-refractivity contribution in [2.75, 3.05) is 16.8 Å². The molecule has 4 nitrogen and oxygen atoms in total. The van der Waals surface area contributed by atoms with Crippen molar-refractivity contribution in [1.29, 1.82) is 0 Å². The number of hydrogen-bond acceptors (Lipinski definition) is 2. The molecule has 4 heteroatoms. The van der Waals surface area contributed by atoms with E-state index in [2.05, 4.69) is 12.2 Å². The van der Waals surface area contributed by atoms with Crippen molar-refractivity contribution in [1.82, 2.24) is 0 Å². The molecule has 1 aliphatic rings. The van der Waals surface area contributed by atoms with Crippen LogP contribution in [0.15, 0.2) is 48.5 Å². The lowest BCUT2D eigenvalue weighted by atomic mass is 10.1. The van der Waals surface area contributed by atoms with E-state index in [9.17, 15) is 4.79 Å². The number of nitrogens with one attached hydrogen (secondary N) is 1. The topological polar surface area (TPSA) is 41.6 Å². The average Bonchev–Trinajstić information content (AvgIpc) is 2.55. The van der Waals surface area contributed by atoms with Crippen molar-refractivity contribution in [3.05, 3.63) is 54.1 Å². The van der Waals surface area contributed by atoms with E-state index in [1.165, 1.54) is 0 Å². The minimum absolute atomic E-state index is 0.0255. The van der Waals surface area contributed by atoms with Gasteiger partial charge < -0.3 is 10.1 Å². The van der Waals surface area contributed by atoms with Crippen molar-refractivity contribution in [3.8, 4) is 5.75 Å². The molecule has 114 valence electrons. The molecule has 0 radical (unpaired) electrons. The fraction of sp³-hybridized carbons (Fsp3) is 0.278. The van der Waals surface area contributed by atoms with Gasteiger partial charge in [0.05, 0.1) is 12.2 Å². The number of benzene rings is 2. The summed E-state index contributed by atoms with van der Waals surface area (Å²) < 4.78 is 5.91. The molecular weight excluding hydrogens is 276 g/mol. The second-order valence-corrected chi connectivity index (χ2v) is 5.47. The van der Waals surface area contributed by atoms with Crippen LogP contribution in [-0.4, -0.2) is 18.7 Å². The summed E-state index contributed by atoms with van der Waals surface area (Å²) in [5.41, 5.74) is 2.70.